The summed E-state index contributed by atoms with van der Waals surface area (Å²) >= 11 is 0. The summed E-state index contributed by atoms with van der Waals surface area (Å²) < 4.78 is 0. The fraction of sp³-hybridized carbons (Fsp3) is 0. The van der Waals surface area contributed by atoms with Crippen molar-refractivity contribution in [1.29, 1.82) is 0 Å². The Morgan fingerprint density at radius 1 is 0.444 bits per heavy atom. The van der Waals surface area contributed by atoms with E-state index in [9.17, 15) is 0 Å². The van der Waals surface area contributed by atoms with Crippen molar-refractivity contribution >= 4 is 0 Å². The van der Waals surface area contributed by atoms with Crippen molar-refractivity contribution in [2.24, 2.45) is 23.6 Å². The molecular weight excluding hydrogens is 168 g/mol. The number of hydrogen-bond donors (Lipinski definition) is 4. The van der Waals surface area contributed by atoms with Gasteiger partial charge < -0.3 is 44.4 Å². The maximum atomic E-state index is 7.75. The molecule has 0 aromatic carbocycles. The summed E-state index contributed by atoms with van der Waals surface area (Å²) in [4.78, 5) is 0. The van der Waals surface area contributed by atoms with E-state index in [1.807, 2.05) is 0 Å². The van der Waals surface area contributed by atoms with Crippen molar-refractivity contribution in [3.05, 3.63) is 20.8 Å². The molecule has 0 bridgehead atoms. The molecule has 8 nitrogen and oxygen atoms in total. The SMILES string of the molecule is N[O-].N[O-].N[O-].N[O-].[Ti+4]. The molecular formula is H8N4O4Ti. The van der Waals surface area contributed by atoms with Crippen LogP contribution in [0.15, 0.2) is 0 Å². The zero-order valence-corrected chi connectivity index (χ0v) is 6.00. The van der Waals surface area contributed by atoms with Gasteiger partial charge in [-0.1, -0.05) is 0 Å². The molecule has 0 aromatic rings. The summed E-state index contributed by atoms with van der Waals surface area (Å²) in [5.41, 5.74) is 0. The monoisotopic (exact) mass is 176 g/mol. The van der Waals surface area contributed by atoms with Gasteiger partial charge in [-0.3, -0.25) is 0 Å². The van der Waals surface area contributed by atoms with E-state index in [0.717, 1.165) is 0 Å². The second kappa shape index (κ2) is 2950. The Hall–Kier alpha value is 0.394. The predicted octanol–water partition coefficient (Wildman–Crippen LogP) is -2.23. The maximum Gasteiger partial charge on any atom is 4.00 e. The number of nitrogens with two attached hydrogens (primary N) is 4. The molecule has 0 saturated carbocycles. The molecule has 56 valence electrons. The summed E-state index contributed by atoms with van der Waals surface area (Å²) in [5.74, 6) is 13.0. The molecule has 8 N–H and O–H groups in total. The average molecular weight is 176 g/mol. The molecule has 0 aromatic heterocycles. The molecule has 0 unspecified atom stereocenters. The molecule has 0 atom stereocenters. The van der Waals surface area contributed by atoms with E-state index in [1.54, 1.807) is 0 Å². The van der Waals surface area contributed by atoms with Crippen molar-refractivity contribution < 1.29 is 21.7 Å². The molecule has 0 aliphatic rings. The summed E-state index contributed by atoms with van der Waals surface area (Å²) in [6.07, 6.45) is 0. The van der Waals surface area contributed by atoms with Crippen molar-refractivity contribution in [2.45, 2.75) is 0 Å². The Labute approximate surface area is 66.8 Å². The van der Waals surface area contributed by atoms with E-state index in [1.165, 1.54) is 0 Å². The van der Waals surface area contributed by atoms with E-state index in [0.29, 0.717) is 0 Å². The Morgan fingerprint density at radius 3 is 0.444 bits per heavy atom. The van der Waals surface area contributed by atoms with Crippen LogP contribution in [-0.4, -0.2) is 0 Å². The summed E-state index contributed by atoms with van der Waals surface area (Å²) in [6, 6.07) is 0. The molecule has 0 saturated heterocycles. The van der Waals surface area contributed by atoms with Crippen LogP contribution in [0.1, 0.15) is 0 Å². The van der Waals surface area contributed by atoms with Crippen LogP contribution < -0.4 is 23.6 Å². The second-order valence-electron chi connectivity index (χ2n) is 0. The van der Waals surface area contributed by atoms with Crippen LogP contribution in [0.25, 0.3) is 0 Å². The quantitative estimate of drug-likeness (QED) is 0.234. The largest absolute Gasteiger partial charge is 4.00 e. The van der Waals surface area contributed by atoms with Gasteiger partial charge in [0.1, 0.15) is 0 Å². The van der Waals surface area contributed by atoms with Gasteiger partial charge >= 0.3 is 21.7 Å². The van der Waals surface area contributed by atoms with Gasteiger partial charge in [-0.05, 0) is 0 Å². The minimum absolute atomic E-state index is 0. The van der Waals surface area contributed by atoms with E-state index >= 15 is 0 Å². The van der Waals surface area contributed by atoms with E-state index in [-0.39, 0.29) is 21.7 Å². The zero-order chi connectivity index (χ0) is 8.00. The van der Waals surface area contributed by atoms with Crippen molar-refractivity contribution in [2.75, 3.05) is 0 Å². The summed E-state index contributed by atoms with van der Waals surface area (Å²) in [6.45, 7) is 0. The van der Waals surface area contributed by atoms with Gasteiger partial charge in [0, 0.05) is 0 Å². The minimum atomic E-state index is 0. The van der Waals surface area contributed by atoms with Crippen LogP contribution in [0.5, 0.6) is 0 Å². The normalized spacial score (nSPS) is 2.67. The molecule has 0 heterocycles. The standard InChI is InChI=1S/4H2NO.Ti/c4*1-2;/h4*1H2;/q4*-1;+4. The molecule has 0 radical (unpaired) electrons. The summed E-state index contributed by atoms with van der Waals surface area (Å²) in [5, 5.41) is 31.0. The van der Waals surface area contributed by atoms with Gasteiger partial charge in [-0.15, -0.1) is 0 Å². The fourth-order valence-electron chi connectivity index (χ4n) is 0. The van der Waals surface area contributed by atoms with E-state index in [4.69, 9.17) is 20.8 Å². The molecule has 9 heavy (non-hydrogen) atoms. The van der Waals surface area contributed by atoms with E-state index in [2.05, 4.69) is 23.6 Å². The third-order valence-electron chi connectivity index (χ3n) is 0. The molecule has 0 aliphatic heterocycles. The minimum Gasteiger partial charge on any atom is -0.790 e. The fourth-order valence-corrected chi connectivity index (χ4v) is 0. The first-order valence-electron chi connectivity index (χ1n) is 0.943. The van der Waals surface area contributed by atoms with Crippen LogP contribution in [-0.2, 0) is 21.7 Å². The maximum absolute atomic E-state index is 7.75. The first kappa shape index (κ1) is 34.3. The summed E-state index contributed by atoms with van der Waals surface area (Å²) in [7, 11) is 0. The molecule has 0 aliphatic carbocycles. The first-order valence-corrected chi connectivity index (χ1v) is 0.943. The number of rotatable bonds is 0. The molecule has 9 heteroatoms. The van der Waals surface area contributed by atoms with Crippen LogP contribution in [0.3, 0.4) is 0 Å². The van der Waals surface area contributed by atoms with Gasteiger partial charge in [0.15, 0.2) is 0 Å². The third kappa shape index (κ3) is 2210. The number of hydrogen-bond acceptors (Lipinski definition) is 8. The van der Waals surface area contributed by atoms with Crippen LogP contribution in [0.4, 0.5) is 0 Å². The molecule has 0 rings (SSSR count). The Morgan fingerprint density at radius 2 is 0.444 bits per heavy atom. The Bertz CT molecular complexity index is 12.5. The molecule has 0 spiro atoms. The van der Waals surface area contributed by atoms with Gasteiger partial charge in [-0.2, -0.15) is 0 Å². The van der Waals surface area contributed by atoms with Crippen LogP contribution in [0.2, 0.25) is 0 Å². The van der Waals surface area contributed by atoms with Crippen molar-refractivity contribution in [3.63, 3.8) is 0 Å². The second-order valence-corrected chi connectivity index (χ2v) is 0. The van der Waals surface area contributed by atoms with Gasteiger partial charge in [-0.25, -0.2) is 0 Å². The molecule has 0 fully saturated rings. The average Bonchev–Trinajstić information content (AvgIpc) is 2.03. The topological polar surface area (TPSA) is 196 Å². The Kier molecular flexibility index (Phi) is 11200. The smallest absolute Gasteiger partial charge is 0.790 e. The van der Waals surface area contributed by atoms with Crippen molar-refractivity contribution in [1.82, 2.24) is 0 Å². The van der Waals surface area contributed by atoms with Gasteiger partial charge in [0.25, 0.3) is 0 Å². The van der Waals surface area contributed by atoms with Gasteiger partial charge in [0.05, 0.1) is 0 Å². The van der Waals surface area contributed by atoms with Crippen molar-refractivity contribution in [3.8, 4) is 0 Å². The zero-order valence-electron chi connectivity index (χ0n) is 4.44. The van der Waals surface area contributed by atoms with Gasteiger partial charge in [0.2, 0.25) is 0 Å². The van der Waals surface area contributed by atoms with Crippen LogP contribution in [0, 0.1) is 20.8 Å². The van der Waals surface area contributed by atoms with E-state index < -0.39 is 0 Å². The Balaban J connectivity index is -0.00000000762. The third-order valence-corrected chi connectivity index (χ3v) is 0. The molecule has 0 amide bonds. The van der Waals surface area contributed by atoms with Crippen LogP contribution >= 0.6 is 0 Å². The first-order chi connectivity index (χ1) is 4.00. The predicted molar refractivity (Wildman–Crippen MR) is 30.2 cm³/mol.